The molecule has 2 aliphatic rings. The van der Waals surface area contributed by atoms with E-state index in [4.69, 9.17) is 15.0 Å². The molecular weight excluding hydrogens is 739 g/mol. The summed E-state index contributed by atoms with van der Waals surface area (Å²) in [5.41, 5.74) is 19.7. The van der Waals surface area contributed by atoms with Crippen LogP contribution in [0.15, 0.2) is 212 Å². The van der Waals surface area contributed by atoms with Crippen LogP contribution < -0.4 is 0 Å². The molecule has 61 heavy (non-hydrogen) atoms. The van der Waals surface area contributed by atoms with Gasteiger partial charge in [-0.25, -0.2) is 15.0 Å². The summed E-state index contributed by atoms with van der Waals surface area (Å²) in [6.45, 7) is 0. The molecule has 0 fully saturated rings. The van der Waals surface area contributed by atoms with Gasteiger partial charge in [0, 0.05) is 38.9 Å². The summed E-state index contributed by atoms with van der Waals surface area (Å²) in [5, 5.41) is 4.58. The van der Waals surface area contributed by atoms with Crippen molar-refractivity contribution in [2.45, 2.75) is 5.41 Å². The Morgan fingerprint density at radius 1 is 0.311 bits per heavy atom. The van der Waals surface area contributed by atoms with Crippen LogP contribution in [0.25, 0.3) is 99.7 Å². The predicted molar refractivity (Wildman–Crippen MR) is 250 cm³/mol. The highest BCUT2D eigenvalue weighted by molar-refractivity contribution is 6.20. The second-order valence-electron chi connectivity index (χ2n) is 16.2. The molecule has 0 amide bonds. The number of rotatable bonds is 4. The lowest BCUT2D eigenvalue weighted by atomic mass is 9.70. The average Bonchev–Trinajstić information content (AvgIpc) is 3.81. The van der Waals surface area contributed by atoms with E-state index < -0.39 is 5.41 Å². The van der Waals surface area contributed by atoms with Crippen molar-refractivity contribution >= 4 is 32.6 Å². The number of fused-ring (bicyclic) bond motifs is 15. The first kappa shape index (κ1) is 33.9. The fourth-order valence-electron chi connectivity index (χ4n) is 10.5. The van der Waals surface area contributed by atoms with E-state index in [1.807, 2.05) is 12.3 Å². The summed E-state index contributed by atoms with van der Waals surface area (Å²) in [7, 11) is 0. The Morgan fingerprint density at radius 2 is 0.852 bits per heavy atom. The molecule has 2 heterocycles. The van der Waals surface area contributed by atoms with Gasteiger partial charge in [0.15, 0.2) is 5.82 Å². The van der Waals surface area contributed by atoms with Crippen molar-refractivity contribution < 1.29 is 0 Å². The SMILES string of the molecule is c1ccc(-c2ccc(-c3cccc4nc(-c5ccc(-c6nc7ccccc7c7c8c(ccc67)C6(c7ccccc7-c7ccccc76)c6ccccc6-8)cc5)ncc34)cc2)cc1. The van der Waals surface area contributed by atoms with E-state index in [9.17, 15) is 0 Å². The Bertz CT molecular complexity index is 3530. The maximum Gasteiger partial charge on any atom is 0.159 e. The molecule has 0 saturated carbocycles. The van der Waals surface area contributed by atoms with Gasteiger partial charge in [-0.2, -0.15) is 0 Å². The van der Waals surface area contributed by atoms with Gasteiger partial charge in [-0.05, 0) is 78.9 Å². The quantitative estimate of drug-likeness (QED) is 0.167. The van der Waals surface area contributed by atoms with Gasteiger partial charge < -0.3 is 0 Å². The summed E-state index contributed by atoms with van der Waals surface area (Å²) in [6, 6.07) is 74.6. The number of nitrogens with zero attached hydrogens (tertiary/aromatic N) is 3. The molecular formula is C58H35N3. The van der Waals surface area contributed by atoms with Crippen molar-refractivity contribution in [1.29, 1.82) is 0 Å². The third-order valence-electron chi connectivity index (χ3n) is 13.2. The van der Waals surface area contributed by atoms with E-state index in [0.29, 0.717) is 5.82 Å². The Labute approximate surface area is 353 Å². The molecule has 2 aliphatic carbocycles. The Kier molecular flexibility index (Phi) is 7.22. The largest absolute Gasteiger partial charge is 0.247 e. The van der Waals surface area contributed by atoms with Crippen LogP contribution in [0.1, 0.15) is 22.3 Å². The van der Waals surface area contributed by atoms with Crippen LogP contribution in [0.2, 0.25) is 0 Å². The topological polar surface area (TPSA) is 38.7 Å². The van der Waals surface area contributed by atoms with Gasteiger partial charge in [0.25, 0.3) is 0 Å². The molecule has 0 unspecified atom stereocenters. The van der Waals surface area contributed by atoms with Gasteiger partial charge in [-0.1, -0.05) is 194 Å². The summed E-state index contributed by atoms with van der Waals surface area (Å²) in [5.74, 6) is 0.698. The molecule has 0 bridgehead atoms. The van der Waals surface area contributed by atoms with Crippen molar-refractivity contribution in [2.24, 2.45) is 0 Å². The number of hydrogen-bond donors (Lipinski definition) is 0. The lowest BCUT2D eigenvalue weighted by molar-refractivity contribution is 0.794. The normalized spacial score (nSPS) is 13.0. The van der Waals surface area contributed by atoms with Crippen molar-refractivity contribution in [3.05, 3.63) is 235 Å². The maximum atomic E-state index is 5.39. The molecule has 0 aliphatic heterocycles. The molecule has 3 heteroatoms. The number of aromatic nitrogens is 3. The third kappa shape index (κ3) is 4.83. The van der Waals surface area contributed by atoms with Crippen LogP contribution in [-0.4, -0.2) is 15.0 Å². The minimum atomic E-state index is -0.410. The molecule has 9 aromatic carbocycles. The summed E-state index contributed by atoms with van der Waals surface area (Å²) >= 11 is 0. The molecule has 11 aromatic rings. The van der Waals surface area contributed by atoms with E-state index in [2.05, 4.69) is 200 Å². The highest BCUT2D eigenvalue weighted by Gasteiger charge is 2.52. The van der Waals surface area contributed by atoms with Crippen molar-refractivity contribution in [2.75, 3.05) is 0 Å². The van der Waals surface area contributed by atoms with Crippen LogP contribution >= 0.6 is 0 Å². The lowest BCUT2D eigenvalue weighted by Gasteiger charge is -2.30. The molecule has 3 nitrogen and oxygen atoms in total. The maximum absolute atomic E-state index is 5.39. The third-order valence-corrected chi connectivity index (χ3v) is 13.2. The molecule has 0 atom stereocenters. The average molecular weight is 774 g/mol. The second kappa shape index (κ2) is 13.0. The van der Waals surface area contributed by atoms with Crippen LogP contribution in [0.4, 0.5) is 0 Å². The molecule has 0 saturated heterocycles. The van der Waals surface area contributed by atoms with E-state index >= 15 is 0 Å². The standard InChI is InChI=1S/C58H35N3/c1-2-13-36(14-3-1)37-25-27-38(28-26-37)41-19-12-24-53-47(41)35-59-57(61-53)40-31-29-39(30-32-40)56-46-33-34-51-55(54(46)45-18-7-11-23-52(45)60-56)44-17-6-10-22-50(44)58(51)48-20-8-4-15-42(48)43-16-5-9-21-49(43)58/h1-35H. The molecule has 0 radical (unpaired) electrons. The number of benzene rings is 9. The summed E-state index contributed by atoms with van der Waals surface area (Å²) in [4.78, 5) is 15.4. The van der Waals surface area contributed by atoms with Crippen LogP contribution in [0.5, 0.6) is 0 Å². The Morgan fingerprint density at radius 3 is 1.61 bits per heavy atom. The van der Waals surface area contributed by atoms with Crippen molar-refractivity contribution in [3.63, 3.8) is 0 Å². The van der Waals surface area contributed by atoms with E-state index in [1.165, 1.54) is 61.0 Å². The van der Waals surface area contributed by atoms with Crippen LogP contribution in [0, 0.1) is 0 Å². The number of pyridine rings is 1. The first-order chi connectivity index (χ1) is 30.3. The lowest BCUT2D eigenvalue weighted by Crippen LogP contribution is -2.25. The van der Waals surface area contributed by atoms with Crippen LogP contribution in [-0.2, 0) is 5.41 Å². The van der Waals surface area contributed by atoms with Gasteiger partial charge in [0.1, 0.15) is 0 Å². The molecule has 282 valence electrons. The Balaban J connectivity index is 0.934. The zero-order valence-electron chi connectivity index (χ0n) is 33.0. The van der Waals surface area contributed by atoms with Crippen LogP contribution in [0.3, 0.4) is 0 Å². The van der Waals surface area contributed by atoms with Crippen molar-refractivity contribution in [1.82, 2.24) is 15.0 Å². The number of hydrogen-bond acceptors (Lipinski definition) is 3. The van der Waals surface area contributed by atoms with E-state index in [1.54, 1.807) is 0 Å². The Hall–Kier alpha value is -8.01. The van der Waals surface area contributed by atoms with Gasteiger partial charge in [0.2, 0.25) is 0 Å². The number of para-hydroxylation sites is 1. The highest BCUT2D eigenvalue weighted by Crippen LogP contribution is 2.64. The smallest absolute Gasteiger partial charge is 0.159 e. The predicted octanol–water partition coefficient (Wildman–Crippen LogP) is 14.3. The monoisotopic (exact) mass is 773 g/mol. The zero-order valence-corrected chi connectivity index (χ0v) is 33.0. The minimum Gasteiger partial charge on any atom is -0.247 e. The second-order valence-corrected chi connectivity index (χ2v) is 16.2. The van der Waals surface area contributed by atoms with E-state index in [-0.39, 0.29) is 0 Å². The van der Waals surface area contributed by atoms with Gasteiger partial charge in [0.05, 0.1) is 22.1 Å². The minimum absolute atomic E-state index is 0.410. The summed E-state index contributed by atoms with van der Waals surface area (Å²) in [6.07, 6.45) is 1.97. The first-order valence-corrected chi connectivity index (χ1v) is 20.9. The fourth-order valence-corrected chi connectivity index (χ4v) is 10.5. The van der Waals surface area contributed by atoms with Gasteiger partial charge in [-0.15, -0.1) is 0 Å². The van der Waals surface area contributed by atoms with Crippen molar-refractivity contribution in [3.8, 4) is 67.2 Å². The molecule has 2 aromatic heterocycles. The first-order valence-electron chi connectivity index (χ1n) is 20.9. The molecule has 0 N–H and O–H groups in total. The highest BCUT2D eigenvalue weighted by atomic mass is 14.9. The molecule has 1 spiro atoms. The van der Waals surface area contributed by atoms with Gasteiger partial charge in [-0.3, -0.25) is 0 Å². The molecule has 13 rings (SSSR count). The summed E-state index contributed by atoms with van der Waals surface area (Å²) < 4.78 is 0. The zero-order chi connectivity index (χ0) is 40.1. The van der Waals surface area contributed by atoms with E-state index in [0.717, 1.165) is 55.1 Å². The fraction of sp³-hybridized carbons (Fsp3) is 0.0172. The van der Waals surface area contributed by atoms with Gasteiger partial charge >= 0.3 is 0 Å².